The van der Waals surface area contributed by atoms with Crippen LogP contribution in [0, 0.1) is 0 Å². The van der Waals surface area contributed by atoms with Gasteiger partial charge in [0, 0.05) is 51.3 Å². The maximum Gasteiger partial charge on any atom is 0.244 e. The molecule has 0 radical (unpaired) electrons. The zero-order valence-corrected chi connectivity index (χ0v) is 14.9. The number of carbonyl (C=O) groups excluding carboxylic acids is 1. The maximum absolute atomic E-state index is 12.2. The highest BCUT2D eigenvalue weighted by Gasteiger charge is 2.17. The summed E-state index contributed by atoms with van der Waals surface area (Å²) in [6, 6.07) is 5.57. The van der Waals surface area contributed by atoms with Crippen LogP contribution < -0.4 is 10.2 Å². The molecule has 134 valence electrons. The van der Waals surface area contributed by atoms with Crippen LogP contribution in [0.15, 0.2) is 36.8 Å². The molecular weight excluding hydrogens is 316 g/mol. The van der Waals surface area contributed by atoms with Gasteiger partial charge in [-0.2, -0.15) is 5.10 Å². The third-order valence-corrected chi connectivity index (χ3v) is 4.72. The quantitative estimate of drug-likeness (QED) is 0.857. The van der Waals surface area contributed by atoms with E-state index in [4.69, 9.17) is 0 Å². The van der Waals surface area contributed by atoms with Crippen molar-refractivity contribution in [1.82, 2.24) is 25.0 Å². The molecule has 0 spiro atoms. The Kier molecular flexibility index (Phi) is 5.65. The Morgan fingerprint density at radius 2 is 2.08 bits per heavy atom. The van der Waals surface area contributed by atoms with Gasteiger partial charge in [0.1, 0.15) is 11.9 Å². The van der Waals surface area contributed by atoms with Crippen molar-refractivity contribution in [1.29, 1.82) is 0 Å². The molecule has 1 unspecified atom stereocenters. The predicted octanol–water partition coefficient (Wildman–Crippen LogP) is 1.30. The van der Waals surface area contributed by atoms with Gasteiger partial charge < -0.3 is 15.1 Å². The zero-order valence-electron chi connectivity index (χ0n) is 14.9. The third kappa shape index (κ3) is 4.36. The maximum atomic E-state index is 12.2. The second kappa shape index (κ2) is 8.11. The van der Waals surface area contributed by atoms with E-state index in [2.05, 4.69) is 32.1 Å². The van der Waals surface area contributed by atoms with Gasteiger partial charge in [-0.15, -0.1) is 0 Å². The van der Waals surface area contributed by atoms with Gasteiger partial charge in [-0.3, -0.25) is 9.48 Å². The largest absolute Gasteiger partial charge is 0.354 e. The summed E-state index contributed by atoms with van der Waals surface area (Å²) in [4.78, 5) is 21.5. The average Bonchev–Trinajstić information content (AvgIpc) is 3.21. The van der Waals surface area contributed by atoms with Crippen LogP contribution in [0.4, 0.5) is 5.82 Å². The first-order valence-electron chi connectivity index (χ1n) is 8.86. The van der Waals surface area contributed by atoms with Crippen molar-refractivity contribution in [2.75, 3.05) is 37.6 Å². The highest BCUT2D eigenvalue weighted by Crippen LogP contribution is 2.14. The second-order valence-corrected chi connectivity index (χ2v) is 6.33. The molecule has 2 aromatic heterocycles. The number of carbonyl (C=O) groups is 1. The van der Waals surface area contributed by atoms with E-state index in [1.807, 2.05) is 31.3 Å². The number of hydrogen-bond acceptors (Lipinski definition) is 5. The molecule has 1 fully saturated rings. The van der Waals surface area contributed by atoms with E-state index >= 15 is 0 Å². The van der Waals surface area contributed by atoms with E-state index in [1.54, 1.807) is 17.1 Å². The van der Waals surface area contributed by atoms with Crippen molar-refractivity contribution < 1.29 is 4.79 Å². The number of aromatic nitrogens is 3. The van der Waals surface area contributed by atoms with Crippen LogP contribution in [-0.2, 0) is 11.3 Å². The van der Waals surface area contributed by atoms with Crippen molar-refractivity contribution in [3.8, 4) is 0 Å². The van der Waals surface area contributed by atoms with Gasteiger partial charge in [-0.1, -0.05) is 13.0 Å². The Balaban J connectivity index is 1.50. The van der Waals surface area contributed by atoms with Gasteiger partial charge in [-0.05, 0) is 31.2 Å². The van der Waals surface area contributed by atoms with Gasteiger partial charge in [0.15, 0.2) is 0 Å². The summed E-state index contributed by atoms with van der Waals surface area (Å²) in [6.45, 7) is 9.81. The van der Waals surface area contributed by atoms with E-state index in [1.165, 1.54) is 0 Å². The molecule has 1 atom stereocenters. The summed E-state index contributed by atoms with van der Waals surface area (Å²) >= 11 is 0. The topological polar surface area (TPSA) is 66.3 Å². The number of nitrogens with one attached hydrogen (secondary N) is 1. The van der Waals surface area contributed by atoms with Gasteiger partial charge in [0.2, 0.25) is 5.91 Å². The summed E-state index contributed by atoms with van der Waals surface area (Å²) in [5, 5.41) is 7.04. The van der Waals surface area contributed by atoms with Gasteiger partial charge >= 0.3 is 0 Å². The SMILES string of the molecule is CCN1CCN(c2ccc(CNC(=O)C(C)n3cccn3)cn2)CC1. The van der Waals surface area contributed by atoms with Gasteiger partial charge in [0.05, 0.1) is 0 Å². The van der Waals surface area contributed by atoms with Crippen LogP contribution >= 0.6 is 0 Å². The number of amides is 1. The lowest BCUT2D eigenvalue weighted by atomic mass is 10.2. The lowest BCUT2D eigenvalue weighted by molar-refractivity contribution is -0.124. The normalized spacial score (nSPS) is 16.6. The Bertz CT molecular complexity index is 661. The molecule has 0 saturated carbocycles. The Morgan fingerprint density at radius 1 is 1.28 bits per heavy atom. The van der Waals surface area contributed by atoms with Crippen molar-refractivity contribution >= 4 is 11.7 Å². The molecule has 2 aromatic rings. The lowest BCUT2D eigenvalue weighted by Crippen LogP contribution is -2.46. The van der Waals surface area contributed by atoms with Crippen LogP contribution in [0.5, 0.6) is 0 Å². The second-order valence-electron chi connectivity index (χ2n) is 6.33. The monoisotopic (exact) mass is 342 g/mol. The standard InChI is InChI=1S/C18H26N6O/c1-3-22-9-11-23(12-10-22)17-6-5-16(13-19-17)14-20-18(25)15(2)24-8-4-7-21-24/h4-8,13,15H,3,9-12,14H2,1-2H3,(H,20,25). The van der Waals surface area contributed by atoms with Crippen molar-refractivity contribution in [3.05, 3.63) is 42.4 Å². The number of anilines is 1. The minimum Gasteiger partial charge on any atom is -0.354 e. The summed E-state index contributed by atoms with van der Waals surface area (Å²) in [6.07, 6.45) is 5.31. The molecule has 3 heterocycles. The van der Waals surface area contributed by atoms with Gasteiger partial charge in [-0.25, -0.2) is 4.98 Å². The number of likely N-dealkylation sites (N-methyl/N-ethyl adjacent to an activating group) is 1. The van der Waals surface area contributed by atoms with E-state index in [-0.39, 0.29) is 11.9 Å². The molecule has 7 heteroatoms. The highest BCUT2D eigenvalue weighted by molar-refractivity contribution is 5.79. The molecule has 0 aromatic carbocycles. The average molecular weight is 342 g/mol. The molecule has 0 aliphatic carbocycles. The third-order valence-electron chi connectivity index (χ3n) is 4.72. The molecule has 3 rings (SSSR count). The van der Waals surface area contributed by atoms with Crippen LogP contribution in [0.2, 0.25) is 0 Å². The zero-order chi connectivity index (χ0) is 17.6. The van der Waals surface area contributed by atoms with Crippen LogP contribution in [0.3, 0.4) is 0 Å². The summed E-state index contributed by atoms with van der Waals surface area (Å²) in [5.74, 6) is 0.958. The molecule has 1 saturated heterocycles. The number of pyridine rings is 1. The number of nitrogens with zero attached hydrogens (tertiary/aromatic N) is 5. The molecule has 1 aliphatic rings. The lowest BCUT2D eigenvalue weighted by Gasteiger charge is -2.34. The first-order chi connectivity index (χ1) is 12.2. The van der Waals surface area contributed by atoms with E-state index in [9.17, 15) is 4.79 Å². The van der Waals surface area contributed by atoms with Crippen LogP contribution in [0.25, 0.3) is 0 Å². The van der Waals surface area contributed by atoms with Crippen molar-refractivity contribution in [2.24, 2.45) is 0 Å². The Hall–Kier alpha value is -2.41. The first-order valence-corrected chi connectivity index (χ1v) is 8.86. The Morgan fingerprint density at radius 3 is 2.68 bits per heavy atom. The fourth-order valence-corrected chi connectivity index (χ4v) is 2.97. The number of rotatable bonds is 6. The molecule has 1 amide bonds. The number of piperazine rings is 1. The van der Waals surface area contributed by atoms with Crippen LogP contribution in [0.1, 0.15) is 25.5 Å². The minimum atomic E-state index is -0.322. The van der Waals surface area contributed by atoms with Crippen LogP contribution in [-0.4, -0.2) is 58.3 Å². The van der Waals surface area contributed by atoms with E-state index in [0.717, 1.165) is 44.1 Å². The van der Waals surface area contributed by atoms with Crippen molar-refractivity contribution in [2.45, 2.75) is 26.4 Å². The number of hydrogen-bond donors (Lipinski definition) is 1. The Labute approximate surface area is 148 Å². The van der Waals surface area contributed by atoms with E-state index in [0.29, 0.717) is 6.54 Å². The molecule has 25 heavy (non-hydrogen) atoms. The fraction of sp³-hybridized carbons (Fsp3) is 0.500. The smallest absolute Gasteiger partial charge is 0.244 e. The summed E-state index contributed by atoms with van der Waals surface area (Å²) < 4.78 is 1.65. The molecule has 1 N–H and O–H groups in total. The molecule has 1 aliphatic heterocycles. The first kappa shape index (κ1) is 17.4. The molecule has 0 bridgehead atoms. The van der Waals surface area contributed by atoms with Crippen molar-refractivity contribution in [3.63, 3.8) is 0 Å². The predicted molar refractivity (Wildman–Crippen MR) is 97.3 cm³/mol. The van der Waals surface area contributed by atoms with Gasteiger partial charge in [0.25, 0.3) is 0 Å². The van der Waals surface area contributed by atoms with E-state index < -0.39 is 0 Å². The summed E-state index contributed by atoms with van der Waals surface area (Å²) in [7, 11) is 0. The fourth-order valence-electron chi connectivity index (χ4n) is 2.97. The summed E-state index contributed by atoms with van der Waals surface area (Å²) in [5.41, 5.74) is 0.997. The molecular formula is C18H26N6O. The minimum absolute atomic E-state index is 0.0523. The molecule has 7 nitrogen and oxygen atoms in total. The highest BCUT2D eigenvalue weighted by atomic mass is 16.2.